The number of benzene rings is 1. The van der Waals surface area contributed by atoms with Crippen molar-refractivity contribution in [2.45, 2.75) is 27.7 Å². The number of hydrogen-bond acceptors (Lipinski definition) is 4. The summed E-state index contributed by atoms with van der Waals surface area (Å²) in [5.41, 5.74) is 0.121. The van der Waals surface area contributed by atoms with Crippen molar-refractivity contribution in [1.29, 1.82) is 0 Å². The lowest BCUT2D eigenvalue weighted by molar-refractivity contribution is -0.385. The molecule has 0 aliphatic carbocycles. The van der Waals surface area contributed by atoms with Gasteiger partial charge in [-0.2, -0.15) is 0 Å². The smallest absolute Gasteiger partial charge is 0.311 e. The summed E-state index contributed by atoms with van der Waals surface area (Å²) in [5.74, 6) is 0.626. The van der Waals surface area contributed by atoms with E-state index in [0.29, 0.717) is 30.5 Å². The summed E-state index contributed by atoms with van der Waals surface area (Å²) in [7, 11) is 1.37. The molecule has 0 radical (unpaired) electrons. The highest BCUT2D eigenvalue weighted by atomic mass is 16.6. The van der Waals surface area contributed by atoms with Crippen molar-refractivity contribution >= 4 is 11.6 Å². The first-order valence-corrected chi connectivity index (χ1v) is 7.38. The zero-order chi connectivity index (χ0) is 16.9. The van der Waals surface area contributed by atoms with Crippen LogP contribution in [0.3, 0.4) is 0 Å². The molecule has 0 heterocycles. The minimum Gasteiger partial charge on any atom is -0.490 e. The van der Waals surface area contributed by atoms with E-state index in [0.717, 1.165) is 0 Å². The third-order valence-corrected chi connectivity index (χ3v) is 3.08. The molecule has 1 amide bonds. The van der Waals surface area contributed by atoms with Gasteiger partial charge < -0.3 is 9.64 Å². The van der Waals surface area contributed by atoms with Gasteiger partial charge in [-0.3, -0.25) is 14.9 Å². The minimum absolute atomic E-state index is 0.154. The number of methoxy groups -OCH3 is 1. The highest BCUT2D eigenvalue weighted by Gasteiger charge is 2.22. The van der Waals surface area contributed by atoms with E-state index in [1.807, 2.05) is 27.7 Å². The molecule has 1 aromatic rings. The molecule has 0 aromatic heterocycles. The Kier molecular flexibility index (Phi) is 6.34. The van der Waals surface area contributed by atoms with Crippen LogP contribution in [0.2, 0.25) is 0 Å². The Balaban J connectivity index is 3.12. The predicted molar refractivity (Wildman–Crippen MR) is 85.2 cm³/mol. The molecule has 0 bridgehead atoms. The van der Waals surface area contributed by atoms with Gasteiger partial charge in [0.05, 0.1) is 12.0 Å². The molecule has 0 spiro atoms. The van der Waals surface area contributed by atoms with Gasteiger partial charge in [-0.1, -0.05) is 27.7 Å². The number of amides is 1. The molecule has 1 aromatic carbocycles. The molecule has 0 fully saturated rings. The molecule has 1 rings (SSSR count). The number of rotatable bonds is 7. The number of hydrogen-bond donors (Lipinski definition) is 0. The van der Waals surface area contributed by atoms with Crippen molar-refractivity contribution in [3.8, 4) is 5.75 Å². The van der Waals surface area contributed by atoms with Gasteiger partial charge in [-0.25, -0.2) is 0 Å². The van der Waals surface area contributed by atoms with E-state index in [-0.39, 0.29) is 17.3 Å². The Bertz CT molecular complexity index is 531. The maximum Gasteiger partial charge on any atom is 0.311 e. The highest BCUT2D eigenvalue weighted by Crippen LogP contribution is 2.28. The molecule has 122 valence electrons. The van der Waals surface area contributed by atoms with E-state index >= 15 is 0 Å². The Hall–Kier alpha value is -2.11. The quantitative estimate of drug-likeness (QED) is 0.572. The first-order valence-electron chi connectivity index (χ1n) is 7.38. The Morgan fingerprint density at radius 2 is 1.77 bits per heavy atom. The number of nitro groups is 1. The van der Waals surface area contributed by atoms with Gasteiger partial charge in [0.1, 0.15) is 0 Å². The molecule has 0 unspecified atom stereocenters. The van der Waals surface area contributed by atoms with E-state index in [4.69, 9.17) is 4.74 Å². The van der Waals surface area contributed by atoms with Gasteiger partial charge in [-0.15, -0.1) is 0 Å². The van der Waals surface area contributed by atoms with Crippen molar-refractivity contribution in [2.75, 3.05) is 20.2 Å². The fraction of sp³-hybridized carbons (Fsp3) is 0.562. The van der Waals surface area contributed by atoms with Gasteiger partial charge in [0, 0.05) is 24.7 Å². The van der Waals surface area contributed by atoms with Gasteiger partial charge >= 0.3 is 5.69 Å². The lowest BCUT2D eigenvalue weighted by Crippen LogP contribution is -2.37. The van der Waals surface area contributed by atoms with Gasteiger partial charge in [-0.05, 0) is 24.0 Å². The SMILES string of the molecule is COc1ccc(C(=O)N(CC(C)C)CC(C)C)cc1[N+](=O)[O-]. The maximum atomic E-state index is 12.7. The molecule has 0 aliphatic heterocycles. The van der Waals surface area contributed by atoms with E-state index in [1.54, 1.807) is 11.0 Å². The third-order valence-electron chi connectivity index (χ3n) is 3.08. The van der Waals surface area contributed by atoms with E-state index in [1.165, 1.54) is 19.2 Å². The summed E-state index contributed by atoms with van der Waals surface area (Å²) >= 11 is 0. The molecular weight excluding hydrogens is 284 g/mol. The number of carbonyl (C=O) groups is 1. The molecular formula is C16H24N2O4. The van der Waals surface area contributed by atoms with Crippen molar-refractivity contribution in [3.63, 3.8) is 0 Å². The first kappa shape index (κ1) is 17.9. The molecule has 22 heavy (non-hydrogen) atoms. The van der Waals surface area contributed by atoms with Crippen molar-refractivity contribution < 1.29 is 14.5 Å². The molecule has 6 heteroatoms. The third kappa shape index (κ3) is 4.72. The monoisotopic (exact) mass is 308 g/mol. The second-order valence-electron chi connectivity index (χ2n) is 6.14. The average Bonchev–Trinajstić information content (AvgIpc) is 2.44. The summed E-state index contributed by atoms with van der Waals surface area (Å²) in [6.07, 6.45) is 0. The summed E-state index contributed by atoms with van der Waals surface area (Å²) in [4.78, 5) is 24.9. The number of carbonyl (C=O) groups excluding carboxylic acids is 1. The summed E-state index contributed by atoms with van der Waals surface area (Å²) < 4.78 is 4.96. The average molecular weight is 308 g/mol. The van der Waals surface area contributed by atoms with Crippen LogP contribution < -0.4 is 4.74 Å². The molecule has 0 atom stereocenters. The first-order chi connectivity index (χ1) is 10.3. The number of nitrogens with zero attached hydrogens (tertiary/aromatic N) is 2. The second kappa shape index (κ2) is 7.77. The van der Waals surface area contributed by atoms with E-state index in [9.17, 15) is 14.9 Å². The summed E-state index contributed by atoms with van der Waals surface area (Å²) in [6.45, 7) is 9.40. The van der Waals surface area contributed by atoms with Crippen LogP contribution in [0, 0.1) is 22.0 Å². The minimum atomic E-state index is -0.537. The van der Waals surface area contributed by atoms with Crippen molar-refractivity contribution in [3.05, 3.63) is 33.9 Å². The van der Waals surface area contributed by atoms with Crippen LogP contribution in [0.25, 0.3) is 0 Å². The zero-order valence-corrected chi connectivity index (χ0v) is 13.8. The van der Waals surface area contributed by atoms with Crippen LogP contribution in [0.1, 0.15) is 38.1 Å². The van der Waals surface area contributed by atoms with Crippen LogP contribution in [0.5, 0.6) is 5.75 Å². The largest absolute Gasteiger partial charge is 0.490 e. The predicted octanol–water partition coefficient (Wildman–Crippen LogP) is 3.36. The fourth-order valence-corrected chi connectivity index (χ4v) is 2.27. The lowest BCUT2D eigenvalue weighted by atomic mass is 10.1. The number of ether oxygens (including phenoxy) is 1. The van der Waals surface area contributed by atoms with Gasteiger partial charge in [0.2, 0.25) is 0 Å². The number of nitro benzene ring substituents is 1. The van der Waals surface area contributed by atoms with Crippen LogP contribution in [-0.4, -0.2) is 35.9 Å². The van der Waals surface area contributed by atoms with E-state index in [2.05, 4.69) is 0 Å². The fourth-order valence-electron chi connectivity index (χ4n) is 2.27. The van der Waals surface area contributed by atoms with Crippen molar-refractivity contribution in [1.82, 2.24) is 4.90 Å². The second-order valence-corrected chi connectivity index (χ2v) is 6.14. The zero-order valence-electron chi connectivity index (χ0n) is 13.8. The van der Waals surface area contributed by atoms with Gasteiger partial charge in [0.15, 0.2) is 5.75 Å². The highest BCUT2D eigenvalue weighted by molar-refractivity contribution is 5.95. The standard InChI is InChI=1S/C16H24N2O4/c1-11(2)9-17(10-12(3)4)16(19)13-6-7-15(22-5)14(8-13)18(20)21/h6-8,11-12H,9-10H2,1-5H3. The van der Waals surface area contributed by atoms with Crippen LogP contribution >= 0.6 is 0 Å². The van der Waals surface area contributed by atoms with Crippen molar-refractivity contribution in [2.24, 2.45) is 11.8 Å². The van der Waals surface area contributed by atoms with Crippen LogP contribution in [-0.2, 0) is 0 Å². The maximum absolute atomic E-state index is 12.7. The lowest BCUT2D eigenvalue weighted by Gasteiger charge is -2.26. The Labute approximate surface area is 131 Å². The Morgan fingerprint density at radius 3 is 2.18 bits per heavy atom. The summed E-state index contributed by atoms with van der Waals surface area (Å²) in [5, 5.41) is 11.1. The topological polar surface area (TPSA) is 72.7 Å². The molecule has 0 N–H and O–H groups in total. The molecule has 6 nitrogen and oxygen atoms in total. The molecule has 0 saturated carbocycles. The summed E-state index contributed by atoms with van der Waals surface area (Å²) in [6, 6.07) is 4.32. The molecule has 0 saturated heterocycles. The molecule has 0 aliphatic rings. The van der Waals surface area contributed by atoms with Crippen LogP contribution in [0.15, 0.2) is 18.2 Å². The normalized spacial score (nSPS) is 10.9. The van der Waals surface area contributed by atoms with Gasteiger partial charge in [0.25, 0.3) is 5.91 Å². The Morgan fingerprint density at radius 1 is 1.23 bits per heavy atom. The van der Waals surface area contributed by atoms with Crippen LogP contribution in [0.4, 0.5) is 5.69 Å². The van der Waals surface area contributed by atoms with E-state index < -0.39 is 4.92 Å².